The van der Waals surface area contributed by atoms with Crippen LogP contribution in [0.2, 0.25) is 0 Å². The van der Waals surface area contributed by atoms with Crippen LogP contribution in [0.15, 0.2) is 60.7 Å². The summed E-state index contributed by atoms with van der Waals surface area (Å²) in [5, 5.41) is 3.33. The fourth-order valence-corrected chi connectivity index (χ4v) is 4.23. The Balaban J connectivity index is 1.71. The number of urea groups is 1. The summed E-state index contributed by atoms with van der Waals surface area (Å²) in [6.45, 7) is 8.73. The molecule has 1 heterocycles. The molecule has 1 N–H and O–H groups in total. The van der Waals surface area contributed by atoms with Crippen molar-refractivity contribution in [1.82, 2.24) is 15.1 Å². The molecule has 0 unspecified atom stereocenters. The third kappa shape index (κ3) is 4.66. The van der Waals surface area contributed by atoms with Crippen LogP contribution in [-0.2, 0) is 10.3 Å². The number of carbonyl (C=O) groups is 2. The van der Waals surface area contributed by atoms with Crippen LogP contribution in [0.5, 0.6) is 0 Å². The van der Waals surface area contributed by atoms with E-state index in [4.69, 9.17) is 0 Å². The van der Waals surface area contributed by atoms with E-state index >= 15 is 0 Å². The molecule has 0 radical (unpaired) electrons. The zero-order valence-electron chi connectivity index (χ0n) is 18.3. The zero-order chi connectivity index (χ0) is 21.6. The predicted molar refractivity (Wildman–Crippen MR) is 120 cm³/mol. The summed E-state index contributed by atoms with van der Waals surface area (Å²) < 4.78 is 0. The van der Waals surface area contributed by atoms with Gasteiger partial charge in [0.2, 0.25) is 5.91 Å². The number of nitrogens with zero attached hydrogens (tertiary/aromatic N) is 2. The van der Waals surface area contributed by atoms with E-state index < -0.39 is 5.54 Å². The van der Waals surface area contributed by atoms with Crippen molar-refractivity contribution in [3.8, 4) is 0 Å². The minimum atomic E-state index is -0.603. The maximum absolute atomic E-state index is 13.3. The highest BCUT2D eigenvalue weighted by Gasteiger charge is 2.35. The highest BCUT2D eigenvalue weighted by molar-refractivity contribution is 5.81. The van der Waals surface area contributed by atoms with E-state index in [9.17, 15) is 9.59 Å². The van der Waals surface area contributed by atoms with E-state index in [1.165, 1.54) is 0 Å². The number of amides is 3. The number of hydrogen-bond acceptors (Lipinski definition) is 2. The summed E-state index contributed by atoms with van der Waals surface area (Å²) >= 11 is 0. The Bertz CT molecular complexity index is 786. The van der Waals surface area contributed by atoms with Gasteiger partial charge in [-0.3, -0.25) is 4.79 Å². The van der Waals surface area contributed by atoms with Crippen LogP contribution < -0.4 is 5.32 Å². The maximum Gasteiger partial charge on any atom is 0.319 e. The SMILES string of the molecule is CCN(CC)C(=O)N1CCC(C(=O)NC(C)(c2ccccc2)c2ccccc2)CC1. The van der Waals surface area contributed by atoms with E-state index in [1.54, 1.807) is 0 Å². The molecule has 1 fully saturated rings. The number of likely N-dealkylation sites (tertiary alicyclic amines) is 1. The average Bonchev–Trinajstić information content (AvgIpc) is 2.81. The largest absolute Gasteiger partial charge is 0.343 e. The minimum Gasteiger partial charge on any atom is -0.343 e. The zero-order valence-corrected chi connectivity index (χ0v) is 18.3. The molecule has 3 rings (SSSR count). The fourth-order valence-electron chi connectivity index (χ4n) is 4.23. The topological polar surface area (TPSA) is 52.7 Å². The number of carbonyl (C=O) groups excluding carboxylic acids is 2. The Labute approximate surface area is 180 Å². The smallest absolute Gasteiger partial charge is 0.319 e. The highest BCUT2D eigenvalue weighted by atomic mass is 16.2. The van der Waals surface area contributed by atoms with Crippen LogP contribution >= 0.6 is 0 Å². The van der Waals surface area contributed by atoms with Crippen LogP contribution in [0.25, 0.3) is 0 Å². The summed E-state index contributed by atoms with van der Waals surface area (Å²) in [6, 6.07) is 20.3. The van der Waals surface area contributed by atoms with Crippen LogP contribution in [0.3, 0.4) is 0 Å². The first-order valence-electron chi connectivity index (χ1n) is 11.0. The Morgan fingerprint density at radius 3 is 1.83 bits per heavy atom. The molecular formula is C25H33N3O2. The third-order valence-corrected chi connectivity index (χ3v) is 6.25. The van der Waals surface area contributed by atoms with Gasteiger partial charge in [-0.25, -0.2) is 4.79 Å². The van der Waals surface area contributed by atoms with Crippen LogP contribution in [0.1, 0.15) is 44.7 Å². The van der Waals surface area contributed by atoms with Crippen molar-refractivity contribution < 1.29 is 9.59 Å². The molecule has 0 atom stereocenters. The second-order valence-electron chi connectivity index (χ2n) is 8.06. The van der Waals surface area contributed by atoms with Crippen molar-refractivity contribution in [1.29, 1.82) is 0 Å². The van der Waals surface area contributed by atoms with Crippen molar-refractivity contribution >= 4 is 11.9 Å². The Morgan fingerprint density at radius 2 is 1.40 bits per heavy atom. The van der Waals surface area contributed by atoms with Crippen molar-refractivity contribution in [2.24, 2.45) is 5.92 Å². The first-order valence-corrected chi connectivity index (χ1v) is 11.0. The summed E-state index contributed by atoms with van der Waals surface area (Å²) in [6.07, 6.45) is 1.39. The molecule has 2 aromatic carbocycles. The van der Waals surface area contributed by atoms with Gasteiger partial charge in [0.15, 0.2) is 0 Å². The number of rotatable bonds is 6. The number of hydrogen-bond donors (Lipinski definition) is 1. The lowest BCUT2D eigenvalue weighted by Gasteiger charge is -2.37. The average molecular weight is 408 g/mol. The van der Waals surface area contributed by atoms with Crippen LogP contribution in [-0.4, -0.2) is 47.9 Å². The number of nitrogens with one attached hydrogen (secondary N) is 1. The van der Waals surface area contributed by atoms with E-state index in [2.05, 4.69) is 36.5 Å². The first kappa shape index (κ1) is 21.9. The van der Waals surface area contributed by atoms with Crippen molar-refractivity contribution in [3.63, 3.8) is 0 Å². The van der Waals surface area contributed by atoms with Gasteiger partial charge in [-0.1, -0.05) is 60.7 Å². The number of piperidine rings is 1. The summed E-state index contributed by atoms with van der Waals surface area (Å²) in [4.78, 5) is 29.6. The van der Waals surface area contributed by atoms with Gasteiger partial charge in [0.25, 0.3) is 0 Å². The van der Waals surface area contributed by atoms with Gasteiger partial charge in [-0.05, 0) is 44.7 Å². The molecule has 1 aliphatic heterocycles. The van der Waals surface area contributed by atoms with Crippen molar-refractivity contribution in [3.05, 3.63) is 71.8 Å². The molecule has 0 spiro atoms. The maximum atomic E-state index is 13.3. The summed E-state index contributed by atoms with van der Waals surface area (Å²) in [5.74, 6) is -0.0300. The van der Waals surface area contributed by atoms with Gasteiger partial charge >= 0.3 is 6.03 Å². The molecule has 1 saturated heterocycles. The molecule has 30 heavy (non-hydrogen) atoms. The van der Waals surface area contributed by atoms with Gasteiger partial charge in [0.05, 0.1) is 5.54 Å². The minimum absolute atomic E-state index is 0.0557. The summed E-state index contributed by atoms with van der Waals surface area (Å²) in [7, 11) is 0. The molecule has 5 heteroatoms. The Hall–Kier alpha value is -2.82. The van der Waals surface area contributed by atoms with E-state index in [-0.39, 0.29) is 17.9 Å². The lowest BCUT2D eigenvalue weighted by Crippen LogP contribution is -2.51. The Kier molecular flexibility index (Phi) is 7.14. The summed E-state index contributed by atoms with van der Waals surface area (Å²) in [5.41, 5.74) is 1.51. The highest BCUT2D eigenvalue weighted by Crippen LogP contribution is 2.30. The second kappa shape index (κ2) is 9.79. The van der Waals surface area contributed by atoms with E-state index in [1.807, 2.05) is 60.0 Å². The molecule has 0 aliphatic carbocycles. The molecule has 0 aromatic heterocycles. The standard InChI is InChI=1S/C25H33N3O2/c1-4-27(5-2)24(30)28-18-16-20(17-19-28)23(29)26-25(3,21-12-8-6-9-13-21)22-14-10-7-11-15-22/h6-15,20H,4-5,16-19H2,1-3H3,(H,26,29). The van der Waals surface area contributed by atoms with Gasteiger partial charge in [-0.2, -0.15) is 0 Å². The van der Waals surface area contributed by atoms with Gasteiger partial charge in [-0.15, -0.1) is 0 Å². The quantitative estimate of drug-likeness (QED) is 0.779. The van der Waals surface area contributed by atoms with Gasteiger partial charge < -0.3 is 15.1 Å². The monoisotopic (exact) mass is 407 g/mol. The predicted octanol–water partition coefficient (Wildman–Crippen LogP) is 4.24. The molecule has 1 aliphatic rings. The normalized spacial score (nSPS) is 15.0. The Morgan fingerprint density at radius 1 is 0.933 bits per heavy atom. The van der Waals surface area contributed by atoms with Gasteiger partial charge in [0.1, 0.15) is 0 Å². The first-order chi connectivity index (χ1) is 14.5. The third-order valence-electron chi connectivity index (χ3n) is 6.25. The van der Waals surface area contributed by atoms with E-state index in [0.717, 1.165) is 11.1 Å². The molecule has 3 amide bonds. The molecule has 5 nitrogen and oxygen atoms in total. The molecule has 0 bridgehead atoms. The lowest BCUT2D eigenvalue weighted by molar-refractivity contribution is -0.127. The molecule has 2 aromatic rings. The van der Waals surface area contributed by atoms with E-state index in [0.29, 0.717) is 39.0 Å². The van der Waals surface area contributed by atoms with Crippen molar-refractivity contribution in [2.45, 2.75) is 39.2 Å². The molecule has 0 saturated carbocycles. The van der Waals surface area contributed by atoms with Crippen LogP contribution in [0.4, 0.5) is 4.79 Å². The lowest BCUT2D eigenvalue weighted by atomic mass is 9.83. The van der Waals surface area contributed by atoms with Crippen molar-refractivity contribution in [2.75, 3.05) is 26.2 Å². The fraction of sp³-hybridized carbons (Fsp3) is 0.440. The van der Waals surface area contributed by atoms with Gasteiger partial charge in [0, 0.05) is 32.1 Å². The molecular weight excluding hydrogens is 374 g/mol. The number of benzene rings is 2. The second-order valence-corrected chi connectivity index (χ2v) is 8.06. The van der Waals surface area contributed by atoms with Crippen LogP contribution in [0, 0.1) is 5.92 Å². The molecule has 160 valence electrons.